The molecule has 3 nitrogen and oxygen atoms in total. The smallest absolute Gasteiger partial charge is 0.306 e. The van der Waals surface area contributed by atoms with Crippen LogP contribution in [0.25, 0.3) is 0 Å². The first-order valence-corrected chi connectivity index (χ1v) is 3.41. The van der Waals surface area contributed by atoms with Crippen LogP contribution < -0.4 is 0 Å². The first-order chi connectivity index (χ1) is 5.12. The maximum atomic E-state index is 10.3. The van der Waals surface area contributed by atoms with Gasteiger partial charge in [0.25, 0.3) is 0 Å². The van der Waals surface area contributed by atoms with Gasteiger partial charge in [0.05, 0.1) is 12.0 Å². The molecule has 0 saturated carbocycles. The lowest BCUT2D eigenvalue weighted by molar-refractivity contribution is -0.140. The number of carbonyl (C=O) groups is 1. The van der Waals surface area contributed by atoms with Crippen LogP contribution in [0, 0.1) is 0 Å². The molecule has 0 radical (unpaired) electrons. The Morgan fingerprint density at radius 1 is 1.55 bits per heavy atom. The van der Waals surface area contributed by atoms with Crippen molar-refractivity contribution in [3.05, 3.63) is 24.3 Å². The van der Waals surface area contributed by atoms with Crippen LogP contribution in [-0.4, -0.2) is 21.8 Å². The molecule has 1 rings (SSSR count). The zero-order valence-electron chi connectivity index (χ0n) is 6.03. The van der Waals surface area contributed by atoms with Crippen molar-refractivity contribution < 1.29 is 15.0 Å². The molecule has 0 amide bonds. The minimum atomic E-state index is -1.17. The highest BCUT2D eigenvalue weighted by Gasteiger charge is 2.26. The van der Waals surface area contributed by atoms with Crippen molar-refractivity contribution in [3.63, 3.8) is 0 Å². The normalized spacial score (nSPS) is 28.8. The van der Waals surface area contributed by atoms with Gasteiger partial charge in [-0.05, 0) is 6.42 Å². The van der Waals surface area contributed by atoms with E-state index in [1.54, 1.807) is 18.2 Å². The second-order valence-electron chi connectivity index (χ2n) is 2.67. The SMILES string of the molecule is O=C(O)C[C@@]1(O)C=CC=CC1. The summed E-state index contributed by atoms with van der Waals surface area (Å²) in [6, 6.07) is 0. The van der Waals surface area contributed by atoms with E-state index in [2.05, 4.69) is 0 Å². The van der Waals surface area contributed by atoms with Gasteiger partial charge in [-0.3, -0.25) is 4.79 Å². The highest BCUT2D eigenvalue weighted by molar-refractivity contribution is 5.68. The Morgan fingerprint density at radius 3 is 2.73 bits per heavy atom. The Balaban J connectivity index is 2.61. The molecular weight excluding hydrogens is 144 g/mol. The summed E-state index contributed by atoms with van der Waals surface area (Å²) in [6.45, 7) is 0. The van der Waals surface area contributed by atoms with E-state index in [1.807, 2.05) is 0 Å². The third-order valence-electron chi connectivity index (χ3n) is 1.58. The molecule has 0 saturated heterocycles. The summed E-state index contributed by atoms with van der Waals surface area (Å²) < 4.78 is 0. The van der Waals surface area contributed by atoms with Gasteiger partial charge in [-0.25, -0.2) is 0 Å². The maximum Gasteiger partial charge on any atom is 0.306 e. The Bertz CT molecular complexity index is 217. The summed E-state index contributed by atoms with van der Waals surface area (Å²) >= 11 is 0. The lowest BCUT2D eigenvalue weighted by atomic mass is 9.92. The van der Waals surface area contributed by atoms with Crippen molar-refractivity contribution in [2.75, 3.05) is 0 Å². The Morgan fingerprint density at radius 2 is 2.27 bits per heavy atom. The lowest BCUT2D eigenvalue weighted by Gasteiger charge is -2.22. The summed E-state index contributed by atoms with van der Waals surface area (Å²) in [6.07, 6.45) is 6.87. The summed E-state index contributed by atoms with van der Waals surface area (Å²) in [4.78, 5) is 10.3. The number of allylic oxidation sites excluding steroid dienone is 2. The average molecular weight is 154 g/mol. The topological polar surface area (TPSA) is 57.5 Å². The number of aliphatic carboxylic acids is 1. The molecule has 0 spiro atoms. The lowest BCUT2D eigenvalue weighted by Crippen LogP contribution is -2.29. The molecule has 0 aromatic heterocycles. The van der Waals surface area contributed by atoms with Gasteiger partial charge in [0.2, 0.25) is 0 Å². The van der Waals surface area contributed by atoms with Gasteiger partial charge in [-0.15, -0.1) is 0 Å². The number of carboxylic acid groups (broad SMARTS) is 1. The van der Waals surface area contributed by atoms with Crippen LogP contribution in [0.2, 0.25) is 0 Å². The molecule has 0 heterocycles. The predicted octanol–water partition coefficient (Wildman–Crippen LogP) is 0.708. The minimum absolute atomic E-state index is 0.228. The third-order valence-corrected chi connectivity index (χ3v) is 1.58. The molecule has 0 unspecified atom stereocenters. The molecule has 2 N–H and O–H groups in total. The van der Waals surface area contributed by atoms with E-state index in [0.717, 1.165) is 0 Å². The Hall–Kier alpha value is -1.09. The standard InChI is InChI=1S/C8H10O3/c9-7(10)6-8(11)4-2-1-3-5-8/h1-4,11H,5-6H2,(H,9,10)/t8-/m1/s1. The first kappa shape index (κ1) is 8.01. The van der Waals surface area contributed by atoms with E-state index in [0.29, 0.717) is 6.42 Å². The van der Waals surface area contributed by atoms with Gasteiger partial charge in [0.15, 0.2) is 0 Å². The van der Waals surface area contributed by atoms with Crippen LogP contribution >= 0.6 is 0 Å². The van der Waals surface area contributed by atoms with E-state index in [9.17, 15) is 9.90 Å². The first-order valence-electron chi connectivity index (χ1n) is 3.41. The van der Waals surface area contributed by atoms with E-state index in [1.165, 1.54) is 6.08 Å². The van der Waals surface area contributed by atoms with Gasteiger partial charge >= 0.3 is 5.97 Å². The average Bonchev–Trinajstić information content (AvgIpc) is 1.85. The van der Waals surface area contributed by atoms with E-state index in [-0.39, 0.29) is 6.42 Å². The second kappa shape index (κ2) is 2.88. The molecule has 1 aliphatic rings. The number of carboxylic acids is 1. The Kier molecular flexibility index (Phi) is 2.10. The highest BCUT2D eigenvalue weighted by atomic mass is 16.4. The van der Waals surface area contributed by atoms with Crippen molar-refractivity contribution in [2.45, 2.75) is 18.4 Å². The molecule has 1 atom stereocenters. The van der Waals surface area contributed by atoms with Gasteiger partial charge in [0, 0.05) is 0 Å². The van der Waals surface area contributed by atoms with E-state index < -0.39 is 11.6 Å². The monoisotopic (exact) mass is 154 g/mol. The van der Waals surface area contributed by atoms with Crippen molar-refractivity contribution in [1.82, 2.24) is 0 Å². The van der Waals surface area contributed by atoms with Crippen LogP contribution in [0.1, 0.15) is 12.8 Å². The van der Waals surface area contributed by atoms with Crippen LogP contribution in [0.4, 0.5) is 0 Å². The van der Waals surface area contributed by atoms with E-state index in [4.69, 9.17) is 5.11 Å². The van der Waals surface area contributed by atoms with Crippen molar-refractivity contribution in [2.24, 2.45) is 0 Å². The summed E-state index contributed by atoms with van der Waals surface area (Å²) in [5.41, 5.74) is -1.17. The van der Waals surface area contributed by atoms with Crippen molar-refractivity contribution in [3.8, 4) is 0 Å². The molecule has 0 aromatic rings. The van der Waals surface area contributed by atoms with Crippen LogP contribution in [-0.2, 0) is 4.79 Å². The number of hydrogen-bond donors (Lipinski definition) is 2. The van der Waals surface area contributed by atoms with E-state index >= 15 is 0 Å². The van der Waals surface area contributed by atoms with Gasteiger partial charge in [-0.1, -0.05) is 24.3 Å². The maximum absolute atomic E-state index is 10.3. The Labute approximate surface area is 64.7 Å². The molecule has 11 heavy (non-hydrogen) atoms. The largest absolute Gasteiger partial charge is 0.481 e. The van der Waals surface area contributed by atoms with Crippen LogP contribution in [0.5, 0.6) is 0 Å². The zero-order chi connectivity index (χ0) is 8.32. The summed E-state index contributed by atoms with van der Waals surface area (Å²) in [7, 11) is 0. The van der Waals surface area contributed by atoms with Crippen molar-refractivity contribution >= 4 is 5.97 Å². The molecule has 3 heteroatoms. The molecule has 0 fully saturated rings. The molecule has 0 aliphatic heterocycles. The number of aliphatic hydroxyl groups is 1. The van der Waals surface area contributed by atoms with Crippen LogP contribution in [0.3, 0.4) is 0 Å². The molecular formula is C8H10O3. The fraction of sp³-hybridized carbons (Fsp3) is 0.375. The van der Waals surface area contributed by atoms with Gasteiger partial charge in [0.1, 0.15) is 0 Å². The highest BCUT2D eigenvalue weighted by Crippen LogP contribution is 2.20. The third kappa shape index (κ3) is 2.20. The predicted molar refractivity (Wildman–Crippen MR) is 40.1 cm³/mol. The second-order valence-corrected chi connectivity index (χ2v) is 2.67. The molecule has 60 valence electrons. The fourth-order valence-electron chi connectivity index (χ4n) is 1.05. The molecule has 0 bridgehead atoms. The van der Waals surface area contributed by atoms with Gasteiger partial charge < -0.3 is 10.2 Å². The number of hydrogen-bond acceptors (Lipinski definition) is 2. The van der Waals surface area contributed by atoms with Gasteiger partial charge in [-0.2, -0.15) is 0 Å². The molecule has 1 aliphatic carbocycles. The zero-order valence-corrected chi connectivity index (χ0v) is 6.03. The summed E-state index contributed by atoms with van der Waals surface area (Å²) in [5.74, 6) is -0.979. The minimum Gasteiger partial charge on any atom is -0.481 e. The quantitative estimate of drug-likeness (QED) is 0.615. The van der Waals surface area contributed by atoms with Crippen molar-refractivity contribution in [1.29, 1.82) is 0 Å². The van der Waals surface area contributed by atoms with Crippen LogP contribution in [0.15, 0.2) is 24.3 Å². The molecule has 0 aromatic carbocycles. The fourth-order valence-corrected chi connectivity index (χ4v) is 1.05. The summed E-state index contributed by atoms with van der Waals surface area (Å²) in [5, 5.41) is 17.9. The number of rotatable bonds is 2.